The van der Waals surface area contributed by atoms with Crippen LogP contribution in [0.2, 0.25) is 0 Å². The summed E-state index contributed by atoms with van der Waals surface area (Å²) in [5, 5.41) is 12.5. The van der Waals surface area contributed by atoms with E-state index < -0.39 is 0 Å². The highest BCUT2D eigenvalue weighted by Crippen LogP contribution is 2.28. The van der Waals surface area contributed by atoms with Crippen molar-refractivity contribution in [2.45, 2.75) is 38.6 Å². The Balaban J connectivity index is 2.06. The summed E-state index contributed by atoms with van der Waals surface area (Å²) < 4.78 is 0. The van der Waals surface area contributed by atoms with Gasteiger partial charge in [0.05, 0.1) is 12.0 Å². The first kappa shape index (κ1) is 11.0. The van der Waals surface area contributed by atoms with E-state index in [1.54, 1.807) is 0 Å². The van der Waals surface area contributed by atoms with Gasteiger partial charge in [0, 0.05) is 11.7 Å². The molecule has 0 spiro atoms. The lowest BCUT2D eigenvalue weighted by Gasteiger charge is -2.17. The maximum atomic E-state index is 9.03. The van der Waals surface area contributed by atoms with Crippen molar-refractivity contribution >= 4 is 5.69 Å². The van der Waals surface area contributed by atoms with Crippen molar-refractivity contribution in [2.24, 2.45) is 5.92 Å². The Morgan fingerprint density at radius 3 is 3.06 bits per heavy atom. The summed E-state index contributed by atoms with van der Waals surface area (Å²) in [4.78, 5) is 0. The van der Waals surface area contributed by atoms with Crippen molar-refractivity contribution < 1.29 is 0 Å². The third kappa shape index (κ3) is 2.36. The molecule has 1 fully saturated rings. The first-order chi connectivity index (χ1) is 7.83. The van der Waals surface area contributed by atoms with Crippen LogP contribution in [0.4, 0.5) is 5.69 Å². The fourth-order valence-electron chi connectivity index (χ4n) is 2.38. The minimum atomic E-state index is 0.185. The molecule has 0 heterocycles. The van der Waals surface area contributed by atoms with Gasteiger partial charge in [-0.15, -0.1) is 0 Å². The van der Waals surface area contributed by atoms with Crippen molar-refractivity contribution in [3.63, 3.8) is 0 Å². The second-order valence-electron chi connectivity index (χ2n) is 4.47. The lowest BCUT2D eigenvalue weighted by atomic mass is 10.0. The van der Waals surface area contributed by atoms with Crippen LogP contribution in [-0.2, 0) is 6.42 Å². The summed E-state index contributed by atoms with van der Waals surface area (Å²) in [6.07, 6.45) is 4.39. The van der Waals surface area contributed by atoms with E-state index in [2.05, 4.69) is 42.6 Å². The number of aryl methyl sites for hydroxylation is 1. The molecule has 1 saturated carbocycles. The molecule has 16 heavy (non-hydrogen) atoms. The Bertz CT molecular complexity index is 392. The molecular weight excluding hydrogens is 196 g/mol. The number of hydrogen-bond donors (Lipinski definition) is 1. The molecular formula is C14H18N2. The van der Waals surface area contributed by atoms with Crippen molar-refractivity contribution in [3.05, 3.63) is 29.8 Å². The lowest BCUT2D eigenvalue weighted by Crippen LogP contribution is -2.22. The Hall–Kier alpha value is -1.49. The van der Waals surface area contributed by atoms with Crippen LogP contribution in [0.3, 0.4) is 0 Å². The van der Waals surface area contributed by atoms with Gasteiger partial charge in [-0.1, -0.05) is 19.1 Å². The van der Waals surface area contributed by atoms with Crippen molar-refractivity contribution in [2.75, 3.05) is 5.32 Å². The van der Waals surface area contributed by atoms with E-state index in [0.717, 1.165) is 24.9 Å². The number of benzene rings is 1. The number of nitrogens with one attached hydrogen (secondary N) is 1. The molecule has 1 N–H and O–H groups in total. The molecule has 1 aliphatic carbocycles. The zero-order chi connectivity index (χ0) is 11.4. The molecule has 2 atom stereocenters. The van der Waals surface area contributed by atoms with Gasteiger partial charge >= 0.3 is 0 Å². The van der Waals surface area contributed by atoms with E-state index in [1.165, 1.54) is 12.0 Å². The van der Waals surface area contributed by atoms with Gasteiger partial charge in [-0.05, 0) is 43.4 Å². The minimum absolute atomic E-state index is 0.185. The zero-order valence-electron chi connectivity index (χ0n) is 9.74. The van der Waals surface area contributed by atoms with E-state index in [-0.39, 0.29) is 5.92 Å². The van der Waals surface area contributed by atoms with E-state index in [4.69, 9.17) is 5.26 Å². The van der Waals surface area contributed by atoms with Gasteiger partial charge in [0.2, 0.25) is 0 Å². The van der Waals surface area contributed by atoms with Gasteiger partial charge in [0.1, 0.15) is 0 Å². The number of nitriles is 1. The van der Waals surface area contributed by atoms with Crippen LogP contribution in [-0.4, -0.2) is 6.04 Å². The Morgan fingerprint density at radius 2 is 2.31 bits per heavy atom. The van der Waals surface area contributed by atoms with E-state index in [1.807, 2.05) is 0 Å². The fourth-order valence-corrected chi connectivity index (χ4v) is 2.38. The highest BCUT2D eigenvalue weighted by molar-refractivity contribution is 5.47. The maximum absolute atomic E-state index is 9.03. The predicted octanol–water partition coefficient (Wildman–Crippen LogP) is 3.35. The highest BCUT2D eigenvalue weighted by atomic mass is 14.9. The summed E-state index contributed by atoms with van der Waals surface area (Å²) in [6.45, 7) is 2.16. The van der Waals surface area contributed by atoms with E-state index in [0.29, 0.717) is 6.04 Å². The summed E-state index contributed by atoms with van der Waals surface area (Å²) >= 11 is 0. The van der Waals surface area contributed by atoms with Gasteiger partial charge in [-0.3, -0.25) is 0 Å². The summed E-state index contributed by atoms with van der Waals surface area (Å²) in [6, 6.07) is 11.2. The normalized spacial score (nSPS) is 24.0. The van der Waals surface area contributed by atoms with Crippen LogP contribution in [0.15, 0.2) is 24.3 Å². The van der Waals surface area contributed by atoms with Crippen LogP contribution in [0.1, 0.15) is 31.7 Å². The minimum Gasteiger partial charge on any atom is -0.381 e. The van der Waals surface area contributed by atoms with Crippen LogP contribution >= 0.6 is 0 Å². The largest absolute Gasteiger partial charge is 0.381 e. The Kier molecular flexibility index (Phi) is 3.46. The van der Waals surface area contributed by atoms with Crippen LogP contribution in [0.5, 0.6) is 0 Å². The Morgan fingerprint density at radius 1 is 1.44 bits per heavy atom. The molecule has 1 aromatic rings. The molecule has 0 aliphatic heterocycles. The maximum Gasteiger partial charge on any atom is 0.0677 e. The molecule has 2 nitrogen and oxygen atoms in total. The quantitative estimate of drug-likeness (QED) is 0.837. The van der Waals surface area contributed by atoms with Crippen molar-refractivity contribution in [1.82, 2.24) is 0 Å². The second kappa shape index (κ2) is 5.03. The zero-order valence-corrected chi connectivity index (χ0v) is 9.74. The van der Waals surface area contributed by atoms with Crippen molar-refractivity contribution in [3.8, 4) is 6.07 Å². The van der Waals surface area contributed by atoms with Crippen LogP contribution < -0.4 is 5.32 Å². The predicted molar refractivity (Wildman–Crippen MR) is 66.2 cm³/mol. The third-order valence-electron chi connectivity index (χ3n) is 3.37. The SMILES string of the molecule is CCc1cccc(NC2CCCC2C#N)c1. The molecule has 0 radical (unpaired) electrons. The van der Waals surface area contributed by atoms with Gasteiger partial charge < -0.3 is 5.32 Å². The molecule has 1 aliphatic rings. The smallest absolute Gasteiger partial charge is 0.0677 e. The Labute approximate surface area is 97.3 Å². The molecule has 0 amide bonds. The average Bonchev–Trinajstić information content (AvgIpc) is 2.76. The summed E-state index contributed by atoms with van der Waals surface area (Å²) in [5.74, 6) is 0.185. The molecule has 0 aromatic heterocycles. The van der Waals surface area contributed by atoms with E-state index >= 15 is 0 Å². The molecule has 2 rings (SSSR count). The first-order valence-corrected chi connectivity index (χ1v) is 6.08. The number of hydrogen-bond acceptors (Lipinski definition) is 2. The molecule has 2 unspecified atom stereocenters. The van der Waals surface area contributed by atoms with Gasteiger partial charge in [-0.2, -0.15) is 5.26 Å². The molecule has 0 saturated heterocycles. The highest BCUT2D eigenvalue weighted by Gasteiger charge is 2.26. The molecule has 2 heteroatoms. The summed E-state index contributed by atoms with van der Waals surface area (Å²) in [5.41, 5.74) is 2.50. The first-order valence-electron chi connectivity index (χ1n) is 6.08. The second-order valence-corrected chi connectivity index (χ2v) is 4.47. The van der Waals surface area contributed by atoms with Gasteiger partial charge in [-0.25, -0.2) is 0 Å². The summed E-state index contributed by atoms with van der Waals surface area (Å²) in [7, 11) is 0. The van der Waals surface area contributed by atoms with E-state index in [9.17, 15) is 0 Å². The van der Waals surface area contributed by atoms with Gasteiger partial charge in [0.25, 0.3) is 0 Å². The number of anilines is 1. The number of nitrogens with zero attached hydrogens (tertiary/aromatic N) is 1. The van der Waals surface area contributed by atoms with Crippen LogP contribution in [0.25, 0.3) is 0 Å². The fraction of sp³-hybridized carbons (Fsp3) is 0.500. The molecule has 1 aromatic carbocycles. The third-order valence-corrected chi connectivity index (χ3v) is 3.37. The molecule has 84 valence electrons. The average molecular weight is 214 g/mol. The van der Waals surface area contributed by atoms with Gasteiger partial charge in [0.15, 0.2) is 0 Å². The topological polar surface area (TPSA) is 35.8 Å². The number of rotatable bonds is 3. The van der Waals surface area contributed by atoms with Crippen molar-refractivity contribution in [1.29, 1.82) is 5.26 Å². The lowest BCUT2D eigenvalue weighted by molar-refractivity contribution is 0.629. The standard InChI is InChI=1S/C14H18N2/c1-2-11-5-3-7-13(9-11)16-14-8-4-6-12(14)10-15/h3,5,7,9,12,14,16H,2,4,6,8H2,1H3. The molecule has 0 bridgehead atoms. The monoisotopic (exact) mass is 214 g/mol. The van der Waals surface area contributed by atoms with Crippen LogP contribution in [0, 0.1) is 17.2 Å².